The molecule has 0 aromatic heterocycles. The summed E-state index contributed by atoms with van der Waals surface area (Å²) in [4.78, 5) is 44.1. The van der Waals surface area contributed by atoms with Crippen molar-refractivity contribution in [2.24, 2.45) is 11.8 Å². The minimum atomic E-state index is -0.730. The molecule has 3 saturated heterocycles. The maximum Gasteiger partial charge on any atom is 0.239 e. The molecule has 3 heterocycles. The molecule has 4 atom stereocenters. The number of fused-ring (bicyclic) bond motifs is 3. The molecule has 3 aliphatic heterocycles. The number of ketones is 1. The van der Waals surface area contributed by atoms with Crippen LogP contribution in [0.25, 0.3) is 0 Å². The molecule has 166 valence electrons. The molecule has 3 fully saturated rings. The fourth-order valence-corrected chi connectivity index (χ4v) is 5.64. The summed E-state index contributed by atoms with van der Waals surface area (Å²) in [5.41, 5.74) is 0.835. The Hall–Kier alpha value is -2.90. The summed E-state index contributed by atoms with van der Waals surface area (Å²) in [5.74, 6) is -1.18. The van der Waals surface area contributed by atoms with Crippen LogP contribution in [0.3, 0.4) is 0 Å². The lowest BCUT2D eigenvalue weighted by molar-refractivity contribution is -0.123. The summed E-state index contributed by atoms with van der Waals surface area (Å²) in [6, 6.07) is 10.9. The van der Waals surface area contributed by atoms with Crippen LogP contribution in [-0.4, -0.2) is 55.3 Å². The van der Waals surface area contributed by atoms with E-state index in [2.05, 4.69) is 4.90 Å². The summed E-state index contributed by atoms with van der Waals surface area (Å²) in [7, 11) is 3.01. The van der Waals surface area contributed by atoms with Crippen LogP contribution in [0.15, 0.2) is 42.5 Å². The molecule has 7 nitrogen and oxygen atoms in total. The maximum absolute atomic E-state index is 13.7. The normalized spacial score (nSPS) is 26.9. The number of benzene rings is 2. The summed E-state index contributed by atoms with van der Waals surface area (Å²) in [5, 5.41) is 0.535. The molecule has 0 unspecified atom stereocenters. The number of methoxy groups -OCH3 is 2. The van der Waals surface area contributed by atoms with Gasteiger partial charge in [0.25, 0.3) is 0 Å². The molecule has 8 heteroatoms. The molecule has 2 amide bonds. The highest BCUT2D eigenvalue weighted by Crippen LogP contribution is 2.50. The van der Waals surface area contributed by atoms with Crippen LogP contribution in [0.1, 0.15) is 23.2 Å². The third-order valence-corrected chi connectivity index (χ3v) is 7.13. The van der Waals surface area contributed by atoms with E-state index in [0.29, 0.717) is 34.3 Å². The van der Waals surface area contributed by atoms with Crippen LogP contribution in [0.5, 0.6) is 11.5 Å². The molecule has 3 aliphatic rings. The first kappa shape index (κ1) is 21.0. The van der Waals surface area contributed by atoms with Gasteiger partial charge in [0, 0.05) is 22.7 Å². The molecule has 0 aliphatic carbocycles. The van der Waals surface area contributed by atoms with E-state index < -0.39 is 17.9 Å². The first-order chi connectivity index (χ1) is 15.5. The highest BCUT2D eigenvalue weighted by molar-refractivity contribution is 6.30. The van der Waals surface area contributed by atoms with E-state index >= 15 is 0 Å². The first-order valence-electron chi connectivity index (χ1n) is 10.6. The van der Waals surface area contributed by atoms with Gasteiger partial charge in [-0.1, -0.05) is 11.6 Å². The molecule has 0 saturated carbocycles. The number of nitrogens with zero attached hydrogens (tertiary/aromatic N) is 2. The molecular weight excluding hydrogens is 432 g/mol. The van der Waals surface area contributed by atoms with Crippen LogP contribution in [0.4, 0.5) is 5.69 Å². The number of halogens is 1. The topological polar surface area (TPSA) is 76.1 Å². The number of amides is 2. The van der Waals surface area contributed by atoms with Crippen molar-refractivity contribution in [3.8, 4) is 11.5 Å². The Morgan fingerprint density at radius 3 is 2.41 bits per heavy atom. The van der Waals surface area contributed by atoms with Crippen molar-refractivity contribution in [1.82, 2.24) is 4.90 Å². The standard InChI is InChI=1S/C24H23ClN2O5/c1-31-15-9-10-18(32-2)17(12-15)27-23(29)19-16-4-3-11-26(16)21(20(19)24(27)30)22(28)13-5-7-14(25)8-6-13/h5-10,12,16,19-21H,3-4,11H2,1-2H3/t16-,19+,20+,21-/m1/s1. The molecule has 0 spiro atoms. The third kappa shape index (κ3) is 3.03. The van der Waals surface area contributed by atoms with Crippen molar-refractivity contribution in [3.05, 3.63) is 53.1 Å². The van der Waals surface area contributed by atoms with Crippen molar-refractivity contribution in [1.29, 1.82) is 0 Å². The van der Waals surface area contributed by atoms with Gasteiger partial charge in [-0.2, -0.15) is 0 Å². The van der Waals surface area contributed by atoms with E-state index in [1.54, 1.807) is 42.5 Å². The van der Waals surface area contributed by atoms with Gasteiger partial charge in [-0.25, -0.2) is 4.90 Å². The summed E-state index contributed by atoms with van der Waals surface area (Å²) >= 11 is 5.99. The fourth-order valence-electron chi connectivity index (χ4n) is 5.51. The molecule has 32 heavy (non-hydrogen) atoms. The molecule has 2 aromatic carbocycles. The number of hydrogen-bond acceptors (Lipinski definition) is 6. The number of carbonyl (C=O) groups is 3. The second-order valence-corrected chi connectivity index (χ2v) is 8.80. The summed E-state index contributed by atoms with van der Waals surface area (Å²) in [6.45, 7) is 0.699. The van der Waals surface area contributed by atoms with Crippen LogP contribution < -0.4 is 14.4 Å². The van der Waals surface area contributed by atoms with Gasteiger partial charge in [0.15, 0.2) is 5.78 Å². The Labute approximate surface area is 190 Å². The van der Waals surface area contributed by atoms with Crippen molar-refractivity contribution < 1.29 is 23.9 Å². The van der Waals surface area contributed by atoms with Gasteiger partial charge >= 0.3 is 0 Å². The predicted octanol–water partition coefficient (Wildman–Crippen LogP) is 3.19. The summed E-state index contributed by atoms with van der Waals surface area (Å²) in [6.07, 6.45) is 1.68. The Morgan fingerprint density at radius 2 is 1.72 bits per heavy atom. The van der Waals surface area contributed by atoms with Crippen LogP contribution in [0.2, 0.25) is 5.02 Å². The van der Waals surface area contributed by atoms with Crippen molar-refractivity contribution in [3.63, 3.8) is 0 Å². The van der Waals surface area contributed by atoms with Gasteiger partial charge in [-0.15, -0.1) is 0 Å². The monoisotopic (exact) mass is 454 g/mol. The lowest BCUT2D eigenvalue weighted by atomic mass is 9.85. The highest BCUT2D eigenvalue weighted by atomic mass is 35.5. The lowest BCUT2D eigenvalue weighted by Crippen LogP contribution is -2.46. The SMILES string of the molecule is COc1ccc(OC)c(N2C(=O)[C@@H]3[C@H](C2=O)[C@H](C(=O)c2ccc(Cl)cc2)N2CCC[C@H]32)c1. The Bertz CT molecular complexity index is 1100. The molecule has 2 aromatic rings. The van der Waals surface area contributed by atoms with Gasteiger partial charge < -0.3 is 9.47 Å². The molecule has 5 rings (SSSR count). The third-order valence-electron chi connectivity index (χ3n) is 6.88. The quantitative estimate of drug-likeness (QED) is 0.510. The number of carbonyl (C=O) groups excluding carboxylic acids is 3. The van der Waals surface area contributed by atoms with Crippen molar-refractivity contribution >= 4 is 34.9 Å². The number of anilines is 1. The van der Waals surface area contributed by atoms with Crippen molar-refractivity contribution in [2.45, 2.75) is 24.9 Å². The van der Waals surface area contributed by atoms with E-state index in [1.165, 1.54) is 19.1 Å². The first-order valence-corrected chi connectivity index (χ1v) is 11.0. The molecule has 0 N–H and O–H groups in total. The van der Waals surface area contributed by atoms with Crippen LogP contribution in [-0.2, 0) is 9.59 Å². The van der Waals surface area contributed by atoms with E-state index in [-0.39, 0.29) is 23.6 Å². The van der Waals surface area contributed by atoms with Gasteiger partial charge in [-0.3, -0.25) is 19.3 Å². The van der Waals surface area contributed by atoms with Crippen LogP contribution in [0, 0.1) is 11.8 Å². The minimum Gasteiger partial charge on any atom is -0.497 e. The van der Waals surface area contributed by atoms with Gasteiger partial charge in [-0.05, 0) is 55.8 Å². The van der Waals surface area contributed by atoms with Gasteiger partial charge in [0.1, 0.15) is 11.5 Å². The molecule has 0 radical (unpaired) electrons. The van der Waals surface area contributed by atoms with Crippen LogP contribution >= 0.6 is 11.6 Å². The number of rotatable bonds is 5. The Balaban J connectivity index is 1.57. The minimum absolute atomic E-state index is 0.126. The largest absolute Gasteiger partial charge is 0.497 e. The van der Waals surface area contributed by atoms with E-state index in [4.69, 9.17) is 21.1 Å². The highest BCUT2D eigenvalue weighted by Gasteiger charge is 2.65. The molecule has 0 bridgehead atoms. The zero-order valence-electron chi connectivity index (χ0n) is 17.8. The smallest absolute Gasteiger partial charge is 0.239 e. The Kier molecular flexibility index (Phi) is 5.18. The zero-order valence-corrected chi connectivity index (χ0v) is 18.5. The molecular formula is C24H23ClN2O5. The average Bonchev–Trinajstić information content (AvgIpc) is 3.45. The van der Waals surface area contributed by atoms with Crippen molar-refractivity contribution in [2.75, 3.05) is 25.7 Å². The van der Waals surface area contributed by atoms with E-state index in [9.17, 15) is 14.4 Å². The zero-order chi connectivity index (χ0) is 22.6. The van der Waals surface area contributed by atoms with Gasteiger partial charge in [0.05, 0.1) is 37.8 Å². The van der Waals surface area contributed by atoms with E-state index in [1.807, 2.05) is 0 Å². The number of hydrogen-bond donors (Lipinski definition) is 0. The fraction of sp³-hybridized carbons (Fsp3) is 0.375. The Morgan fingerprint density at radius 1 is 1.00 bits per heavy atom. The predicted molar refractivity (Wildman–Crippen MR) is 118 cm³/mol. The second kappa shape index (κ2) is 7.90. The summed E-state index contributed by atoms with van der Waals surface area (Å²) < 4.78 is 10.7. The number of ether oxygens (including phenoxy) is 2. The maximum atomic E-state index is 13.7. The lowest BCUT2D eigenvalue weighted by Gasteiger charge is -2.28. The number of imide groups is 1. The average molecular weight is 455 g/mol. The van der Waals surface area contributed by atoms with E-state index in [0.717, 1.165) is 12.8 Å². The number of Topliss-reactive ketones (excluding diaryl/α,β-unsaturated/α-hetero) is 1. The van der Waals surface area contributed by atoms with Gasteiger partial charge in [0.2, 0.25) is 11.8 Å². The second-order valence-electron chi connectivity index (χ2n) is 8.36.